The van der Waals surface area contributed by atoms with Crippen molar-refractivity contribution in [2.24, 2.45) is 0 Å². The summed E-state index contributed by atoms with van der Waals surface area (Å²) >= 11 is 0. The fourth-order valence-corrected chi connectivity index (χ4v) is 2.58. The van der Waals surface area contributed by atoms with Gasteiger partial charge in [-0.25, -0.2) is 9.18 Å². The van der Waals surface area contributed by atoms with E-state index in [1.807, 2.05) is 6.92 Å². The molecule has 0 aliphatic carbocycles. The van der Waals surface area contributed by atoms with Crippen molar-refractivity contribution < 1.29 is 14.3 Å². The second kappa shape index (κ2) is 5.56. The third kappa shape index (κ3) is 2.33. The van der Waals surface area contributed by atoms with Gasteiger partial charge in [0.05, 0.1) is 11.3 Å². The minimum atomic E-state index is -1.01. The number of fused-ring (bicyclic) bond motifs is 1. The number of carboxylic acids is 1. The molecule has 3 aromatic rings. The van der Waals surface area contributed by atoms with Gasteiger partial charge < -0.3 is 5.11 Å². The van der Waals surface area contributed by atoms with Gasteiger partial charge in [0.2, 0.25) is 0 Å². The Hall–Kier alpha value is -2.75. The highest BCUT2D eigenvalue weighted by Crippen LogP contribution is 2.31. The molecule has 0 radical (unpaired) electrons. The number of hydrogen-bond donors (Lipinski definition) is 1. The second-order valence-electron chi connectivity index (χ2n) is 5.03. The molecule has 0 aliphatic heterocycles. The standard InChI is InChI=1S/C18H14FNO2/c1-2-11-10-20-17(14-5-3-4-6-16(14)19)15-9-12(18(21)22)7-8-13(11)15/h3-10H,2H2,1H3,(H,21,22). The summed E-state index contributed by atoms with van der Waals surface area (Å²) in [6, 6.07) is 11.3. The summed E-state index contributed by atoms with van der Waals surface area (Å²) in [5.74, 6) is -1.38. The van der Waals surface area contributed by atoms with Crippen LogP contribution in [0.5, 0.6) is 0 Å². The summed E-state index contributed by atoms with van der Waals surface area (Å²) in [5, 5.41) is 10.8. The number of carbonyl (C=O) groups is 1. The van der Waals surface area contributed by atoms with Gasteiger partial charge in [0.15, 0.2) is 0 Å². The Labute approximate surface area is 127 Å². The number of aromatic carboxylic acids is 1. The first kappa shape index (κ1) is 14.2. The topological polar surface area (TPSA) is 50.2 Å². The van der Waals surface area contributed by atoms with Crippen LogP contribution in [-0.2, 0) is 6.42 Å². The van der Waals surface area contributed by atoms with E-state index in [1.165, 1.54) is 6.07 Å². The highest BCUT2D eigenvalue weighted by Gasteiger charge is 2.14. The maximum atomic E-state index is 14.1. The van der Waals surface area contributed by atoms with Gasteiger partial charge in [-0.2, -0.15) is 0 Å². The van der Waals surface area contributed by atoms with Crippen molar-refractivity contribution >= 4 is 16.7 Å². The first-order chi connectivity index (χ1) is 10.6. The van der Waals surface area contributed by atoms with Gasteiger partial charge in [0.1, 0.15) is 5.82 Å². The van der Waals surface area contributed by atoms with E-state index >= 15 is 0 Å². The van der Waals surface area contributed by atoms with E-state index in [1.54, 1.807) is 42.6 Å². The van der Waals surface area contributed by atoms with Crippen molar-refractivity contribution in [3.8, 4) is 11.3 Å². The smallest absolute Gasteiger partial charge is 0.335 e. The molecule has 1 aromatic heterocycles. The molecular formula is C18H14FNO2. The molecule has 110 valence electrons. The predicted molar refractivity (Wildman–Crippen MR) is 83.5 cm³/mol. The monoisotopic (exact) mass is 295 g/mol. The summed E-state index contributed by atoms with van der Waals surface area (Å²) in [5.41, 5.74) is 2.01. The molecule has 0 fully saturated rings. The van der Waals surface area contributed by atoms with Crippen LogP contribution < -0.4 is 0 Å². The summed E-state index contributed by atoms with van der Waals surface area (Å²) < 4.78 is 14.1. The molecule has 1 N–H and O–H groups in total. The molecule has 2 aromatic carbocycles. The van der Waals surface area contributed by atoms with Gasteiger partial charge in [-0.3, -0.25) is 4.98 Å². The number of hydrogen-bond acceptors (Lipinski definition) is 2. The lowest BCUT2D eigenvalue weighted by Gasteiger charge is -2.11. The Balaban J connectivity index is 2.37. The van der Waals surface area contributed by atoms with Crippen molar-refractivity contribution in [1.29, 1.82) is 0 Å². The lowest BCUT2D eigenvalue weighted by atomic mass is 9.97. The molecule has 0 unspecified atom stereocenters. The second-order valence-corrected chi connectivity index (χ2v) is 5.03. The van der Waals surface area contributed by atoms with Crippen molar-refractivity contribution in [3.63, 3.8) is 0 Å². The number of benzene rings is 2. The molecule has 0 saturated heterocycles. The Morgan fingerprint density at radius 2 is 1.95 bits per heavy atom. The predicted octanol–water partition coefficient (Wildman–Crippen LogP) is 4.30. The molecule has 0 atom stereocenters. The summed E-state index contributed by atoms with van der Waals surface area (Å²) in [4.78, 5) is 15.6. The van der Waals surface area contributed by atoms with Crippen LogP contribution >= 0.6 is 0 Å². The van der Waals surface area contributed by atoms with Gasteiger partial charge in [0, 0.05) is 17.1 Å². The molecule has 0 spiro atoms. The Morgan fingerprint density at radius 1 is 1.18 bits per heavy atom. The number of aryl methyl sites for hydroxylation is 1. The van der Waals surface area contributed by atoms with Gasteiger partial charge in [0.25, 0.3) is 0 Å². The Bertz CT molecular complexity index is 874. The Kier molecular flexibility index (Phi) is 3.59. The summed E-state index contributed by atoms with van der Waals surface area (Å²) in [6.45, 7) is 2.00. The summed E-state index contributed by atoms with van der Waals surface area (Å²) in [7, 11) is 0. The first-order valence-electron chi connectivity index (χ1n) is 7.01. The number of carboxylic acid groups (broad SMARTS) is 1. The van der Waals surface area contributed by atoms with Crippen molar-refractivity contribution in [1.82, 2.24) is 4.98 Å². The number of rotatable bonds is 3. The van der Waals surface area contributed by atoms with E-state index < -0.39 is 5.97 Å². The molecule has 22 heavy (non-hydrogen) atoms. The molecule has 3 nitrogen and oxygen atoms in total. The van der Waals surface area contributed by atoms with Crippen LogP contribution in [0.2, 0.25) is 0 Å². The SMILES string of the molecule is CCc1cnc(-c2ccccc2F)c2cc(C(=O)O)ccc12. The fourth-order valence-electron chi connectivity index (χ4n) is 2.58. The molecule has 3 rings (SSSR count). The van der Waals surface area contributed by atoms with Crippen LogP contribution in [0.15, 0.2) is 48.7 Å². The van der Waals surface area contributed by atoms with Crippen molar-refractivity contribution in [3.05, 3.63) is 65.6 Å². The molecule has 4 heteroatoms. The molecule has 0 saturated carbocycles. The maximum Gasteiger partial charge on any atom is 0.335 e. The van der Waals surface area contributed by atoms with E-state index in [2.05, 4.69) is 4.98 Å². The van der Waals surface area contributed by atoms with E-state index in [0.717, 1.165) is 17.4 Å². The van der Waals surface area contributed by atoms with Crippen molar-refractivity contribution in [2.45, 2.75) is 13.3 Å². The van der Waals surface area contributed by atoms with Gasteiger partial charge in [-0.05, 0) is 41.6 Å². The van der Waals surface area contributed by atoms with E-state index in [0.29, 0.717) is 16.6 Å². The van der Waals surface area contributed by atoms with Gasteiger partial charge in [-0.1, -0.05) is 25.1 Å². The zero-order valence-corrected chi connectivity index (χ0v) is 12.0. The van der Waals surface area contributed by atoms with Crippen LogP contribution in [0.3, 0.4) is 0 Å². The molecule has 0 aliphatic rings. The van der Waals surface area contributed by atoms with Crippen LogP contribution in [0, 0.1) is 5.82 Å². The zero-order chi connectivity index (χ0) is 15.7. The zero-order valence-electron chi connectivity index (χ0n) is 12.0. The lowest BCUT2D eigenvalue weighted by molar-refractivity contribution is 0.0697. The minimum Gasteiger partial charge on any atom is -0.478 e. The highest BCUT2D eigenvalue weighted by molar-refractivity contribution is 6.01. The normalized spacial score (nSPS) is 10.8. The third-order valence-corrected chi connectivity index (χ3v) is 3.73. The van der Waals surface area contributed by atoms with Crippen LogP contribution in [0.4, 0.5) is 4.39 Å². The minimum absolute atomic E-state index is 0.167. The third-order valence-electron chi connectivity index (χ3n) is 3.73. The van der Waals surface area contributed by atoms with Gasteiger partial charge in [-0.15, -0.1) is 0 Å². The molecule has 1 heterocycles. The van der Waals surface area contributed by atoms with E-state index in [-0.39, 0.29) is 11.4 Å². The number of aromatic nitrogens is 1. The fraction of sp³-hybridized carbons (Fsp3) is 0.111. The summed E-state index contributed by atoms with van der Waals surface area (Å²) in [6.07, 6.45) is 2.50. The van der Waals surface area contributed by atoms with Crippen LogP contribution in [0.1, 0.15) is 22.8 Å². The quantitative estimate of drug-likeness (QED) is 0.783. The number of halogens is 1. The molecule has 0 amide bonds. The van der Waals surface area contributed by atoms with Crippen LogP contribution in [-0.4, -0.2) is 16.1 Å². The van der Waals surface area contributed by atoms with E-state index in [4.69, 9.17) is 0 Å². The largest absolute Gasteiger partial charge is 0.478 e. The maximum absolute atomic E-state index is 14.1. The van der Waals surface area contributed by atoms with Crippen LogP contribution in [0.25, 0.3) is 22.0 Å². The van der Waals surface area contributed by atoms with E-state index in [9.17, 15) is 14.3 Å². The van der Waals surface area contributed by atoms with Gasteiger partial charge >= 0.3 is 5.97 Å². The van der Waals surface area contributed by atoms with Crippen molar-refractivity contribution in [2.75, 3.05) is 0 Å². The molecular weight excluding hydrogens is 281 g/mol. The molecule has 0 bridgehead atoms. The number of nitrogens with zero attached hydrogens (tertiary/aromatic N) is 1. The highest BCUT2D eigenvalue weighted by atomic mass is 19.1. The first-order valence-corrected chi connectivity index (χ1v) is 7.01. The lowest BCUT2D eigenvalue weighted by Crippen LogP contribution is -1.99. The average Bonchev–Trinajstić information content (AvgIpc) is 2.54. The average molecular weight is 295 g/mol. The number of pyridine rings is 1. The Morgan fingerprint density at radius 3 is 2.64 bits per heavy atom.